The van der Waals surface area contributed by atoms with Gasteiger partial charge in [-0.2, -0.15) is 0 Å². The Morgan fingerprint density at radius 1 is 1.22 bits per heavy atom. The first-order valence-electron chi connectivity index (χ1n) is 6.85. The van der Waals surface area contributed by atoms with Crippen molar-refractivity contribution in [2.75, 3.05) is 6.54 Å². The molecule has 18 heavy (non-hydrogen) atoms. The van der Waals surface area contributed by atoms with E-state index in [-0.39, 0.29) is 17.9 Å². The zero-order chi connectivity index (χ0) is 13.8. The van der Waals surface area contributed by atoms with E-state index in [2.05, 4.69) is 0 Å². The Balaban J connectivity index is 2.45. The summed E-state index contributed by atoms with van der Waals surface area (Å²) in [5.41, 5.74) is -0.475. The molecule has 0 aromatic carbocycles. The maximum absolute atomic E-state index is 12.0. The molecular weight excluding hydrogens is 230 g/mol. The van der Waals surface area contributed by atoms with Gasteiger partial charge in [0.2, 0.25) is 0 Å². The lowest BCUT2D eigenvalue weighted by molar-refractivity contribution is -0.119. The van der Waals surface area contributed by atoms with Gasteiger partial charge < -0.3 is 9.64 Å². The van der Waals surface area contributed by atoms with Crippen molar-refractivity contribution in [3.05, 3.63) is 0 Å². The molecule has 104 valence electrons. The van der Waals surface area contributed by atoms with Crippen molar-refractivity contribution in [2.45, 2.75) is 71.4 Å². The van der Waals surface area contributed by atoms with Crippen LogP contribution in [0.15, 0.2) is 0 Å². The first-order valence-corrected chi connectivity index (χ1v) is 6.85. The molecule has 1 aliphatic carbocycles. The second-order valence-corrected chi connectivity index (χ2v) is 5.94. The zero-order valence-electron chi connectivity index (χ0n) is 12.0. The summed E-state index contributed by atoms with van der Waals surface area (Å²) in [4.78, 5) is 25.2. The van der Waals surface area contributed by atoms with E-state index in [1.165, 1.54) is 0 Å². The van der Waals surface area contributed by atoms with E-state index in [0.717, 1.165) is 19.3 Å². The number of amides is 1. The fourth-order valence-electron chi connectivity index (χ4n) is 1.78. The molecule has 4 heteroatoms. The fraction of sp³-hybridized carbons (Fsp3) is 0.857. The predicted molar refractivity (Wildman–Crippen MR) is 70.5 cm³/mol. The minimum absolute atomic E-state index is 0.228. The second kappa shape index (κ2) is 6.21. The third-order valence-corrected chi connectivity index (χ3v) is 2.78. The molecule has 0 N–H and O–H groups in total. The topological polar surface area (TPSA) is 46.6 Å². The molecule has 1 saturated carbocycles. The molecule has 1 amide bonds. The van der Waals surface area contributed by atoms with Gasteiger partial charge in [0.05, 0.1) is 0 Å². The van der Waals surface area contributed by atoms with E-state index < -0.39 is 5.60 Å². The monoisotopic (exact) mass is 255 g/mol. The van der Waals surface area contributed by atoms with Crippen molar-refractivity contribution in [1.82, 2.24) is 4.90 Å². The third-order valence-electron chi connectivity index (χ3n) is 2.78. The fourth-order valence-corrected chi connectivity index (χ4v) is 1.78. The lowest BCUT2D eigenvalue weighted by Gasteiger charge is -2.27. The summed E-state index contributed by atoms with van der Waals surface area (Å²) >= 11 is 0. The number of carbonyl (C=O) groups excluding carboxylic acids is 2. The van der Waals surface area contributed by atoms with Crippen LogP contribution in [0.3, 0.4) is 0 Å². The van der Waals surface area contributed by atoms with E-state index in [9.17, 15) is 9.59 Å². The van der Waals surface area contributed by atoms with Crippen molar-refractivity contribution in [1.29, 1.82) is 0 Å². The van der Waals surface area contributed by atoms with Crippen LogP contribution < -0.4 is 0 Å². The Morgan fingerprint density at radius 2 is 1.83 bits per heavy atom. The number of nitrogens with zero attached hydrogens (tertiary/aromatic N) is 1. The normalized spacial score (nSPS) is 15.3. The summed E-state index contributed by atoms with van der Waals surface area (Å²) in [6, 6.07) is 0.286. The number of hydrogen-bond donors (Lipinski definition) is 0. The van der Waals surface area contributed by atoms with Gasteiger partial charge in [0, 0.05) is 25.4 Å². The Hall–Kier alpha value is -1.06. The summed E-state index contributed by atoms with van der Waals surface area (Å²) in [6.07, 6.45) is 3.70. The number of Topliss-reactive ketones (excluding diaryl/α,β-unsaturated/α-hetero) is 1. The standard InChI is InChI=1S/C14H25NO3/c1-5-6-12(16)9-10-15(11-7-8-11)13(17)18-14(2,3)4/h11H,5-10H2,1-4H3. The van der Waals surface area contributed by atoms with Crippen LogP contribution in [-0.2, 0) is 9.53 Å². The number of ether oxygens (including phenoxy) is 1. The van der Waals surface area contributed by atoms with Crippen LogP contribution in [0, 0.1) is 0 Å². The minimum atomic E-state index is -0.475. The van der Waals surface area contributed by atoms with Gasteiger partial charge in [0.15, 0.2) is 0 Å². The molecule has 0 aromatic rings. The van der Waals surface area contributed by atoms with Crippen LogP contribution in [0.1, 0.15) is 59.8 Å². The van der Waals surface area contributed by atoms with E-state index in [1.54, 1.807) is 4.90 Å². The van der Waals surface area contributed by atoms with Gasteiger partial charge in [-0.3, -0.25) is 4.79 Å². The van der Waals surface area contributed by atoms with E-state index in [0.29, 0.717) is 19.4 Å². The molecular formula is C14H25NO3. The molecule has 0 radical (unpaired) electrons. The van der Waals surface area contributed by atoms with E-state index >= 15 is 0 Å². The maximum atomic E-state index is 12.0. The highest BCUT2D eigenvalue weighted by molar-refractivity contribution is 5.79. The molecule has 0 aliphatic heterocycles. The van der Waals surface area contributed by atoms with E-state index in [4.69, 9.17) is 4.74 Å². The van der Waals surface area contributed by atoms with Crippen LogP contribution in [0.25, 0.3) is 0 Å². The molecule has 1 aliphatic rings. The van der Waals surface area contributed by atoms with Crippen LogP contribution in [0.4, 0.5) is 4.79 Å². The average Bonchev–Trinajstić information content (AvgIpc) is 2.99. The Bertz CT molecular complexity index is 303. The smallest absolute Gasteiger partial charge is 0.410 e. The van der Waals surface area contributed by atoms with Gasteiger partial charge in [0.1, 0.15) is 11.4 Å². The van der Waals surface area contributed by atoms with Crippen molar-refractivity contribution < 1.29 is 14.3 Å². The van der Waals surface area contributed by atoms with Crippen molar-refractivity contribution in [2.24, 2.45) is 0 Å². The molecule has 1 fully saturated rings. The first-order chi connectivity index (χ1) is 8.33. The van der Waals surface area contributed by atoms with Gasteiger partial charge in [-0.1, -0.05) is 6.92 Å². The van der Waals surface area contributed by atoms with Gasteiger partial charge in [-0.25, -0.2) is 4.79 Å². The summed E-state index contributed by atoms with van der Waals surface area (Å²) in [5, 5.41) is 0. The number of hydrogen-bond acceptors (Lipinski definition) is 3. The lowest BCUT2D eigenvalue weighted by atomic mass is 10.2. The second-order valence-electron chi connectivity index (χ2n) is 5.94. The zero-order valence-corrected chi connectivity index (χ0v) is 12.0. The molecule has 0 heterocycles. The van der Waals surface area contributed by atoms with Crippen LogP contribution in [-0.4, -0.2) is 35.0 Å². The molecule has 1 rings (SSSR count). The molecule has 0 unspecified atom stereocenters. The van der Waals surface area contributed by atoms with Crippen molar-refractivity contribution in [3.63, 3.8) is 0 Å². The summed E-state index contributed by atoms with van der Waals surface area (Å²) in [6.45, 7) is 8.07. The minimum Gasteiger partial charge on any atom is -0.444 e. The Labute approximate surface area is 110 Å². The lowest BCUT2D eigenvalue weighted by Crippen LogP contribution is -2.39. The van der Waals surface area contributed by atoms with Gasteiger partial charge in [0.25, 0.3) is 0 Å². The molecule has 0 bridgehead atoms. The predicted octanol–water partition coefficient (Wildman–Crippen LogP) is 3.15. The highest BCUT2D eigenvalue weighted by Crippen LogP contribution is 2.28. The SMILES string of the molecule is CCCC(=O)CCN(C(=O)OC(C)(C)C)C1CC1. The third kappa shape index (κ3) is 5.52. The quantitative estimate of drug-likeness (QED) is 0.732. The maximum Gasteiger partial charge on any atom is 0.410 e. The highest BCUT2D eigenvalue weighted by Gasteiger charge is 2.35. The molecule has 0 saturated heterocycles. The van der Waals surface area contributed by atoms with E-state index in [1.807, 2.05) is 27.7 Å². The number of carbonyl (C=O) groups is 2. The summed E-state index contributed by atoms with van der Waals surface area (Å²) in [7, 11) is 0. The largest absolute Gasteiger partial charge is 0.444 e. The Morgan fingerprint density at radius 3 is 2.28 bits per heavy atom. The van der Waals surface area contributed by atoms with Gasteiger partial charge in [-0.05, 0) is 40.0 Å². The molecule has 0 spiro atoms. The molecule has 0 aromatic heterocycles. The van der Waals surface area contributed by atoms with Crippen molar-refractivity contribution in [3.8, 4) is 0 Å². The van der Waals surface area contributed by atoms with Crippen LogP contribution >= 0.6 is 0 Å². The molecule has 4 nitrogen and oxygen atoms in total. The van der Waals surface area contributed by atoms with Crippen LogP contribution in [0.2, 0.25) is 0 Å². The summed E-state index contributed by atoms with van der Waals surface area (Å²) in [5.74, 6) is 0.228. The van der Waals surface area contributed by atoms with Crippen LogP contribution in [0.5, 0.6) is 0 Å². The highest BCUT2D eigenvalue weighted by atomic mass is 16.6. The molecule has 0 atom stereocenters. The average molecular weight is 255 g/mol. The first kappa shape index (κ1) is 15.0. The van der Waals surface area contributed by atoms with Crippen molar-refractivity contribution >= 4 is 11.9 Å². The van der Waals surface area contributed by atoms with Gasteiger partial charge >= 0.3 is 6.09 Å². The summed E-state index contributed by atoms with van der Waals surface area (Å²) < 4.78 is 5.37. The Kier molecular flexibility index (Phi) is 5.17. The number of rotatable bonds is 6. The van der Waals surface area contributed by atoms with Gasteiger partial charge in [-0.15, -0.1) is 0 Å². The number of ketones is 1.